The molecular weight excluding hydrogens is 340 g/mol. The Morgan fingerprint density at radius 2 is 2.00 bits per heavy atom. The molecule has 2 aromatic heterocycles. The average Bonchev–Trinajstić information content (AvgIpc) is 3.34. The summed E-state index contributed by atoms with van der Waals surface area (Å²) in [5, 5.41) is 8.25. The highest BCUT2D eigenvalue weighted by Gasteiger charge is 2.42. The molecule has 0 bridgehead atoms. The minimum absolute atomic E-state index is 0.00349. The first-order valence-corrected chi connectivity index (χ1v) is 9.17. The van der Waals surface area contributed by atoms with Crippen molar-refractivity contribution < 1.29 is 9.32 Å². The van der Waals surface area contributed by atoms with E-state index in [1.54, 1.807) is 16.9 Å². The van der Waals surface area contributed by atoms with Gasteiger partial charge in [-0.2, -0.15) is 5.10 Å². The normalized spacial score (nSPS) is 18.8. The Morgan fingerprint density at radius 3 is 2.67 bits per heavy atom. The zero-order chi connectivity index (χ0) is 19.2. The minimum Gasteiger partial charge on any atom is -0.355 e. The van der Waals surface area contributed by atoms with Crippen molar-refractivity contribution in [3.8, 4) is 11.3 Å². The molecule has 0 N–H and O–H groups in total. The van der Waals surface area contributed by atoms with Crippen molar-refractivity contribution in [2.75, 3.05) is 13.1 Å². The number of rotatable bonds is 3. The number of hydrogen-bond acceptors (Lipinski definition) is 4. The van der Waals surface area contributed by atoms with E-state index in [9.17, 15) is 4.79 Å². The number of nitrogens with zero attached hydrogens (tertiary/aromatic N) is 4. The number of amides is 1. The number of aromatic nitrogens is 3. The van der Waals surface area contributed by atoms with Gasteiger partial charge in [-0.3, -0.25) is 9.48 Å². The van der Waals surface area contributed by atoms with Crippen molar-refractivity contribution in [3.63, 3.8) is 0 Å². The number of benzene rings is 1. The largest absolute Gasteiger partial charge is 0.355 e. The third-order valence-corrected chi connectivity index (χ3v) is 5.66. The molecule has 0 spiro atoms. The molecule has 0 aliphatic carbocycles. The van der Waals surface area contributed by atoms with Crippen LogP contribution in [-0.4, -0.2) is 38.8 Å². The Bertz CT molecular complexity index is 971. The number of hydrogen-bond donors (Lipinski definition) is 0. The molecular formula is C21H24N4O2. The molecule has 1 aliphatic heterocycles. The summed E-state index contributed by atoms with van der Waals surface area (Å²) in [5.41, 5.74) is 3.44. The van der Waals surface area contributed by atoms with E-state index in [0.29, 0.717) is 30.5 Å². The second kappa shape index (κ2) is 6.37. The van der Waals surface area contributed by atoms with Crippen LogP contribution in [0.15, 0.2) is 47.1 Å². The summed E-state index contributed by atoms with van der Waals surface area (Å²) in [7, 11) is 1.87. The summed E-state index contributed by atoms with van der Waals surface area (Å²) in [4.78, 5) is 14.9. The molecule has 0 unspecified atom stereocenters. The maximum atomic E-state index is 13.0. The molecule has 1 aliphatic rings. The molecule has 27 heavy (non-hydrogen) atoms. The van der Waals surface area contributed by atoms with E-state index in [1.165, 1.54) is 5.56 Å². The first-order valence-electron chi connectivity index (χ1n) is 9.17. The lowest BCUT2D eigenvalue weighted by atomic mass is 9.78. The number of carbonyl (C=O) groups is 1. The van der Waals surface area contributed by atoms with Gasteiger partial charge in [0.1, 0.15) is 0 Å². The molecule has 1 atom stereocenters. The van der Waals surface area contributed by atoms with Crippen LogP contribution in [0.3, 0.4) is 0 Å². The van der Waals surface area contributed by atoms with Crippen molar-refractivity contribution in [2.24, 2.45) is 12.5 Å². The van der Waals surface area contributed by atoms with Crippen molar-refractivity contribution in [1.29, 1.82) is 0 Å². The van der Waals surface area contributed by atoms with E-state index >= 15 is 0 Å². The second-order valence-corrected chi connectivity index (χ2v) is 7.98. The van der Waals surface area contributed by atoms with E-state index in [2.05, 4.69) is 48.4 Å². The molecule has 6 nitrogen and oxygen atoms in total. The van der Waals surface area contributed by atoms with Crippen LogP contribution < -0.4 is 0 Å². The molecule has 3 aromatic rings. The van der Waals surface area contributed by atoms with Crippen molar-refractivity contribution >= 4 is 5.91 Å². The highest BCUT2D eigenvalue weighted by atomic mass is 16.5. The third kappa shape index (κ3) is 3.05. The smallest absolute Gasteiger partial charge is 0.276 e. The molecule has 140 valence electrons. The summed E-state index contributed by atoms with van der Waals surface area (Å²) in [6, 6.07) is 12.1. The Kier molecular flexibility index (Phi) is 4.13. The van der Waals surface area contributed by atoms with Gasteiger partial charge in [0, 0.05) is 37.8 Å². The molecule has 1 amide bonds. The molecule has 1 aromatic carbocycles. The van der Waals surface area contributed by atoms with E-state index < -0.39 is 0 Å². The monoisotopic (exact) mass is 364 g/mol. The Hall–Kier alpha value is -2.89. The molecule has 0 radical (unpaired) electrons. The van der Waals surface area contributed by atoms with Crippen molar-refractivity contribution in [1.82, 2.24) is 19.8 Å². The molecule has 6 heteroatoms. The predicted octanol–water partition coefficient (Wildman–Crippen LogP) is 3.65. The maximum absolute atomic E-state index is 13.0. The van der Waals surface area contributed by atoms with E-state index in [4.69, 9.17) is 4.52 Å². The first kappa shape index (κ1) is 17.5. The van der Waals surface area contributed by atoms with Crippen LogP contribution in [0.4, 0.5) is 0 Å². The first-order chi connectivity index (χ1) is 12.9. The SMILES string of the molecule is Cc1c(-c2cc(C(=O)N3C[C@@H](c4ccccc4)C(C)(C)C3)no2)cnn1C. The Balaban J connectivity index is 1.56. The van der Waals surface area contributed by atoms with Gasteiger partial charge in [-0.05, 0) is 17.9 Å². The van der Waals surface area contributed by atoms with Crippen LogP contribution in [0.5, 0.6) is 0 Å². The van der Waals surface area contributed by atoms with Crippen molar-refractivity contribution in [2.45, 2.75) is 26.7 Å². The molecule has 4 rings (SSSR count). The average molecular weight is 364 g/mol. The van der Waals surface area contributed by atoms with Crippen LogP contribution in [-0.2, 0) is 7.05 Å². The van der Waals surface area contributed by atoms with Gasteiger partial charge < -0.3 is 9.42 Å². The van der Waals surface area contributed by atoms with Crippen LogP contribution in [0.25, 0.3) is 11.3 Å². The van der Waals surface area contributed by atoms with E-state index in [1.807, 2.05) is 24.9 Å². The number of likely N-dealkylation sites (tertiary alicyclic amines) is 1. The lowest BCUT2D eigenvalue weighted by molar-refractivity contribution is 0.0767. The molecule has 3 heterocycles. The summed E-state index contributed by atoms with van der Waals surface area (Å²) < 4.78 is 7.21. The van der Waals surface area contributed by atoms with Gasteiger partial charge in [-0.15, -0.1) is 0 Å². The number of aryl methyl sites for hydroxylation is 1. The predicted molar refractivity (Wildman–Crippen MR) is 102 cm³/mol. The fraction of sp³-hybridized carbons (Fsp3) is 0.381. The summed E-state index contributed by atoms with van der Waals surface area (Å²) in [5.74, 6) is 0.787. The Morgan fingerprint density at radius 1 is 1.26 bits per heavy atom. The van der Waals surface area contributed by atoms with Crippen LogP contribution in [0.1, 0.15) is 41.5 Å². The van der Waals surface area contributed by atoms with Crippen molar-refractivity contribution in [3.05, 3.63) is 59.5 Å². The lowest BCUT2D eigenvalue weighted by Crippen LogP contribution is -2.30. The van der Waals surface area contributed by atoms with Crippen LogP contribution >= 0.6 is 0 Å². The van der Waals surface area contributed by atoms with Gasteiger partial charge in [0.25, 0.3) is 5.91 Å². The van der Waals surface area contributed by atoms with Crippen LogP contribution in [0.2, 0.25) is 0 Å². The fourth-order valence-electron chi connectivity index (χ4n) is 3.94. The van der Waals surface area contributed by atoms with E-state index in [0.717, 1.165) is 11.3 Å². The summed E-state index contributed by atoms with van der Waals surface area (Å²) >= 11 is 0. The summed E-state index contributed by atoms with van der Waals surface area (Å²) in [6.07, 6.45) is 1.73. The Labute approximate surface area is 158 Å². The zero-order valence-electron chi connectivity index (χ0n) is 16.1. The van der Waals surface area contributed by atoms with E-state index in [-0.39, 0.29) is 11.3 Å². The lowest BCUT2D eigenvalue weighted by Gasteiger charge is -2.25. The van der Waals surface area contributed by atoms with Gasteiger partial charge in [0.05, 0.1) is 11.8 Å². The third-order valence-electron chi connectivity index (χ3n) is 5.66. The summed E-state index contributed by atoms with van der Waals surface area (Å²) in [6.45, 7) is 7.76. The zero-order valence-corrected chi connectivity index (χ0v) is 16.1. The van der Waals surface area contributed by atoms with Gasteiger partial charge in [0.15, 0.2) is 11.5 Å². The maximum Gasteiger partial charge on any atom is 0.276 e. The van der Waals surface area contributed by atoms with Gasteiger partial charge in [0.2, 0.25) is 0 Å². The highest BCUT2D eigenvalue weighted by Crippen LogP contribution is 2.42. The van der Waals surface area contributed by atoms with Gasteiger partial charge >= 0.3 is 0 Å². The molecule has 0 saturated carbocycles. The topological polar surface area (TPSA) is 64.2 Å². The van der Waals surface area contributed by atoms with Gasteiger partial charge in [-0.25, -0.2) is 0 Å². The minimum atomic E-state index is -0.0851. The fourth-order valence-corrected chi connectivity index (χ4v) is 3.94. The van der Waals surface area contributed by atoms with Crippen LogP contribution in [0, 0.1) is 12.3 Å². The standard InChI is InChI=1S/C21H24N4O2/c1-14-16(11-22-24(14)4)19-10-18(23-27-19)20(26)25-12-17(21(2,3)13-25)15-8-6-5-7-9-15/h5-11,17H,12-13H2,1-4H3/t17-/m0/s1. The molecule has 1 saturated heterocycles. The van der Waals surface area contributed by atoms with Gasteiger partial charge in [-0.1, -0.05) is 49.3 Å². The highest BCUT2D eigenvalue weighted by molar-refractivity contribution is 5.93. The molecule has 1 fully saturated rings. The second-order valence-electron chi connectivity index (χ2n) is 7.98. The quantitative estimate of drug-likeness (QED) is 0.712. The number of carbonyl (C=O) groups excluding carboxylic acids is 1.